The van der Waals surface area contributed by atoms with Crippen molar-refractivity contribution in [1.29, 1.82) is 0 Å². The van der Waals surface area contributed by atoms with E-state index in [2.05, 4.69) is 23.0 Å². The first-order valence-corrected chi connectivity index (χ1v) is 8.65. The van der Waals surface area contributed by atoms with Crippen molar-refractivity contribution in [3.8, 4) is 0 Å². The second-order valence-electron chi connectivity index (χ2n) is 5.66. The minimum Gasteiger partial charge on any atom is -0.478 e. The van der Waals surface area contributed by atoms with Crippen molar-refractivity contribution >= 4 is 46.9 Å². The van der Waals surface area contributed by atoms with E-state index in [-0.39, 0.29) is 63.7 Å². The van der Waals surface area contributed by atoms with Crippen molar-refractivity contribution in [1.82, 2.24) is 0 Å². The van der Waals surface area contributed by atoms with E-state index in [0.717, 1.165) is 25.5 Å². The molecule has 1 radical (unpaired) electrons. The van der Waals surface area contributed by atoms with Crippen LogP contribution in [0.3, 0.4) is 0 Å². The third-order valence-corrected chi connectivity index (χ3v) is 3.03. The van der Waals surface area contributed by atoms with Crippen LogP contribution >= 0.6 is 0 Å². The maximum absolute atomic E-state index is 11.1. The van der Waals surface area contributed by atoms with Crippen LogP contribution in [0, 0.1) is 0 Å². The average Bonchev–Trinajstić information content (AvgIpc) is 2.59. The van der Waals surface area contributed by atoms with Gasteiger partial charge in [0.15, 0.2) is 0 Å². The van der Waals surface area contributed by atoms with Crippen LogP contribution in [0.1, 0.15) is 72.6 Å². The standard InChI is InChI=1S/C12H20O4.C7H10O3.Cu.Mg.2H/c1-3-4-5-6-7-8-11(13)16-9-10(2)12(14)15;1-4-6(8)10-7(9)5(2)3;;;;/h9H,3-8H2,1-2H3,(H,14,15);2,4H2,1,3H3;;;;. The van der Waals surface area contributed by atoms with Crippen LogP contribution in [0.25, 0.3) is 0 Å². The van der Waals surface area contributed by atoms with Crippen molar-refractivity contribution in [3.05, 3.63) is 24.0 Å². The molecule has 0 aromatic carbocycles. The zero-order valence-electron chi connectivity index (χ0n) is 16.4. The van der Waals surface area contributed by atoms with Crippen molar-refractivity contribution in [2.75, 3.05) is 0 Å². The van der Waals surface area contributed by atoms with Crippen LogP contribution in [-0.2, 0) is 45.7 Å². The summed E-state index contributed by atoms with van der Waals surface area (Å²) in [6.07, 6.45) is 6.87. The molecule has 0 unspecified atom stereocenters. The molecule has 0 fully saturated rings. The third kappa shape index (κ3) is 22.9. The number of ether oxygens (including phenoxy) is 2. The predicted molar refractivity (Wildman–Crippen MR) is 106 cm³/mol. The summed E-state index contributed by atoms with van der Waals surface area (Å²) in [6, 6.07) is 0. The summed E-state index contributed by atoms with van der Waals surface area (Å²) >= 11 is 0. The molecule has 0 aliphatic rings. The Morgan fingerprint density at radius 3 is 1.93 bits per heavy atom. The smallest absolute Gasteiger partial charge is 0.340 e. The van der Waals surface area contributed by atoms with E-state index in [0.29, 0.717) is 6.42 Å². The molecule has 0 spiro atoms. The first-order chi connectivity index (χ1) is 12.1. The summed E-state index contributed by atoms with van der Waals surface area (Å²) in [6.45, 7) is 9.94. The van der Waals surface area contributed by atoms with Gasteiger partial charge in [-0.2, -0.15) is 0 Å². The maximum Gasteiger partial charge on any atom is 0.340 e. The molecule has 0 aliphatic heterocycles. The van der Waals surface area contributed by atoms with E-state index < -0.39 is 17.9 Å². The Bertz CT molecular complexity index is 530. The first-order valence-electron chi connectivity index (χ1n) is 8.65. The van der Waals surface area contributed by atoms with Crippen molar-refractivity contribution in [2.45, 2.75) is 72.6 Å². The molecule has 0 aliphatic carbocycles. The molecule has 0 atom stereocenters. The summed E-state index contributed by atoms with van der Waals surface area (Å²) in [7, 11) is 0. The minimum absolute atomic E-state index is 0. The van der Waals surface area contributed by atoms with Gasteiger partial charge < -0.3 is 14.6 Å². The van der Waals surface area contributed by atoms with Gasteiger partial charge >= 0.3 is 46.9 Å². The number of hydrogen-bond donors (Lipinski definition) is 1. The van der Waals surface area contributed by atoms with Gasteiger partial charge in [0.25, 0.3) is 0 Å². The molecule has 163 valence electrons. The molecular formula is C19H32CuMgO7. The summed E-state index contributed by atoms with van der Waals surface area (Å²) in [5.41, 5.74) is 0.265. The Hall–Kier alpha value is -1.15. The molecule has 0 aromatic rings. The molecule has 1 N–H and O–H groups in total. The van der Waals surface area contributed by atoms with Gasteiger partial charge in [0.2, 0.25) is 0 Å². The Morgan fingerprint density at radius 1 is 0.964 bits per heavy atom. The molecule has 28 heavy (non-hydrogen) atoms. The van der Waals surface area contributed by atoms with E-state index in [1.54, 1.807) is 6.92 Å². The zero-order chi connectivity index (χ0) is 20.5. The van der Waals surface area contributed by atoms with Gasteiger partial charge in [-0.3, -0.25) is 9.59 Å². The van der Waals surface area contributed by atoms with Crippen molar-refractivity contribution in [3.63, 3.8) is 0 Å². The number of carbonyl (C=O) groups is 4. The molecule has 7 nitrogen and oxygen atoms in total. The maximum atomic E-state index is 11.1. The number of esters is 3. The molecule has 0 heterocycles. The fourth-order valence-electron chi connectivity index (χ4n) is 1.40. The van der Waals surface area contributed by atoms with E-state index in [9.17, 15) is 19.2 Å². The fourth-order valence-corrected chi connectivity index (χ4v) is 1.40. The molecule has 0 bridgehead atoms. The van der Waals surface area contributed by atoms with E-state index in [1.807, 2.05) is 0 Å². The molecule has 0 saturated heterocycles. The summed E-state index contributed by atoms with van der Waals surface area (Å²) in [5.74, 6) is -2.60. The van der Waals surface area contributed by atoms with Crippen LogP contribution in [0.2, 0.25) is 0 Å². The predicted octanol–water partition coefficient (Wildman–Crippen LogP) is 3.00. The van der Waals surface area contributed by atoms with Crippen molar-refractivity contribution in [2.24, 2.45) is 0 Å². The first kappa shape index (κ1) is 34.4. The molecule has 0 amide bonds. The van der Waals surface area contributed by atoms with Gasteiger partial charge in [0, 0.05) is 35.5 Å². The summed E-state index contributed by atoms with van der Waals surface area (Å²) < 4.78 is 8.97. The van der Waals surface area contributed by atoms with Crippen LogP contribution in [0.4, 0.5) is 0 Å². The number of hydrogen-bond acceptors (Lipinski definition) is 6. The number of unbranched alkanes of at least 4 members (excludes halogenated alkanes) is 4. The van der Waals surface area contributed by atoms with Gasteiger partial charge in [-0.1, -0.05) is 46.1 Å². The third-order valence-electron chi connectivity index (χ3n) is 3.03. The van der Waals surface area contributed by atoms with Crippen LogP contribution in [0.5, 0.6) is 0 Å². The SMILES string of the molecule is C=C(C)C(=O)OC(=O)CC.CCCCCCCC(=O)OC=C(C)C(=O)O.[Cu].[MgH2]. The topological polar surface area (TPSA) is 107 Å². The van der Waals surface area contributed by atoms with Crippen molar-refractivity contribution < 1.29 is 50.8 Å². The largest absolute Gasteiger partial charge is 0.478 e. The Balaban J connectivity index is -0.000000210. The second kappa shape index (κ2) is 22.1. The normalized spacial score (nSPS) is 9.50. The van der Waals surface area contributed by atoms with E-state index in [1.165, 1.54) is 26.7 Å². The Labute approximate surface area is 193 Å². The number of carbonyl (C=O) groups excluding carboxylic acids is 3. The van der Waals surface area contributed by atoms with Crippen LogP contribution in [-0.4, -0.2) is 52.0 Å². The minimum atomic E-state index is -1.07. The summed E-state index contributed by atoms with van der Waals surface area (Å²) in [5, 5.41) is 8.51. The monoisotopic (exact) mass is 459 g/mol. The Morgan fingerprint density at radius 2 is 1.50 bits per heavy atom. The molecule has 0 saturated carbocycles. The molecule has 0 aromatic heterocycles. The summed E-state index contributed by atoms with van der Waals surface area (Å²) in [4.78, 5) is 42.5. The number of aliphatic carboxylic acids is 1. The second-order valence-corrected chi connectivity index (χ2v) is 5.66. The molecular weight excluding hydrogens is 428 g/mol. The van der Waals surface area contributed by atoms with Gasteiger partial charge in [0.1, 0.15) is 6.26 Å². The quantitative estimate of drug-likeness (QED) is 0.133. The number of carboxylic acids is 1. The fraction of sp³-hybridized carbons (Fsp3) is 0.579. The number of rotatable bonds is 10. The van der Waals surface area contributed by atoms with E-state index >= 15 is 0 Å². The van der Waals surface area contributed by atoms with Gasteiger partial charge in [-0.15, -0.1) is 0 Å². The Kier molecular flexibility index (Phi) is 27.2. The van der Waals surface area contributed by atoms with Crippen LogP contribution < -0.4 is 0 Å². The van der Waals surface area contributed by atoms with Crippen LogP contribution in [0.15, 0.2) is 24.0 Å². The van der Waals surface area contributed by atoms with Gasteiger partial charge in [-0.05, 0) is 20.3 Å². The number of carboxylic acid groups (broad SMARTS) is 1. The average molecular weight is 460 g/mol. The van der Waals surface area contributed by atoms with E-state index in [4.69, 9.17) is 5.11 Å². The zero-order valence-corrected chi connectivity index (χ0v) is 17.4. The molecule has 0 rings (SSSR count). The van der Waals surface area contributed by atoms with Gasteiger partial charge in [0.05, 0.1) is 5.57 Å². The van der Waals surface area contributed by atoms with Gasteiger partial charge in [-0.25, -0.2) is 9.59 Å². The molecule has 9 heteroatoms.